The van der Waals surface area contributed by atoms with Gasteiger partial charge in [-0.3, -0.25) is 0 Å². The van der Waals surface area contributed by atoms with E-state index in [-0.39, 0.29) is 5.82 Å². The molecule has 0 spiro atoms. The largest absolute Gasteiger partial charge is 0.389 e. The molecule has 0 radical (unpaired) electrons. The van der Waals surface area contributed by atoms with E-state index in [9.17, 15) is 9.50 Å². The summed E-state index contributed by atoms with van der Waals surface area (Å²) in [5.41, 5.74) is 10.9. The predicted octanol–water partition coefficient (Wildman–Crippen LogP) is 4.08. The minimum atomic E-state index is -0.745. The SMILES string of the molecule is CNCC(O)C(c1cccc(F)c1)n1cc(-c2ccccc2CN)c2ccccc21. The van der Waals surface area contributed by atoms with Crippen molar-refractivity contribution in [3.05, 3.63) is 95.9 Å². The summed E-state index contributed by atoms with van der Waals surface area (Å²) in [5, 5.41) is 15.1. The summed E-state index contributed by atoms with van der Waals surface area (Å²) in [4.78, 5) is 0. The Morgan fingerprint density at radius 2 is 1.77 bits per heavy atom. The Hall–Kier alpha value is -2.99. The number of aliphatic hydroxyl groups excluding tert-OH is 1. The maximum Gasteiger partial charge on any atom is 0.123 e. The molecule has 30 heavy (non-hydrogen) atoms. The minimum Gasteiger partial charge on any atom is -0.389 e. The van der Waals surface area contributed by atoms with E-state index in [1.165, 1.54) is 12.1 Å². The van der Waals surface area contributed by atoms with Crippen molar-refractivity contribution in [2.45, 2.75) is 18.7 Å². The monoisotopic (exact) mass is 403 g/mol. The van der Waals surface area contributed by atoms with Gasteiger partial charge in [-0.25, -0.2) is 4.39 Å². The highest BCUT2D eigenvalue weighted by molar-refractivity contribution is 5.97. The first-order valence-electron chi connectivity index (χ1n) is 10.1. The second-order valence-corrected chi connectivity index (χ2v) is 7.45. The van der Waals surface area contributed by atoms with Gasteiger partial charge in [0.25, 0.3) is 0 Å². The molecular formula is C25H26FN3O. The summed E-state index contributed by atoms with van der Waals surface area (Å²) in [6, 6.07) is 22.2. The van der Waals surface area contributed by atoms with Crippen molar-refractivity contribution >= 4 is 10.9 Å². The molecule has 0 fully saturated rings. The molecule has 0 aliphatic rings. The number of para-hydroxylation sites is 1. The van der Waals surface area contributed by atoms with Crippen LogP contribution in [0, 0.1) is 5.82 Å². The summed E-state index contributed by atoms with van der Waals surface area (Å²) < 4.78 is 16.1. The molecule has 4 aromatic rings. The van der Waals surface area contributed by atoms with Crippen LogP contribution in [0.5, 0.6) is 0 Å². The van der Waals surface area contributed by atoms with Crippen LogP contribution in [0.25, 0.3) is 22.0 Å². The molecule has 154 valence electrons. The lowest BCUT2D eigenvalue weighted by Crippen LogP contribution is -2.33. The number of likely N-dealkylation sites (N-methyl/N-ethyl adjacent to an activating group) is 1. The summed E-state index contributed by atoms with van der Waals surface area (Å²) in [6.45, 7) is 0.813. The summed E-state index contributed by atoms with van der Waals surface area (Å²) in [5.74, 6) is -0.320. The molecule has 2 unspecified atom stereocenters. The predicted molar refractivity (Wildman–Crippen MR) is 120 cm³/mol. The van der Waals surface area contributed by atoms with E-state index in [4.69, 9.17) is 5.73 Å². The Balaban J connectivity index is 1.96. The Labute approximate surface area is 175 Å². The lowest BCUT2D eigenvalue weighted by molar-refractivity contribution is 0.132. The molecule has 0 aliphatic heterocycles. The number of hydrogen-bond donors (Lipinski definition) is 3. The van der Waals surface area contributed by atoms with Crippen molar-refractivity contribution in [2.75, 3.05) is 13.6 Å². The van der Waals surface area contributed by atoms with Crippen molar-refractivity contribution in [3.8, 4) is 11.1 Å². The van der Waals surface area contributed by atoms with E-state index in [1.807, 2.05) is 48.7 Å². The lowest BCUT2D eigenvalue weighted by atomic mass is 9.99. The van der Waals surface area contributed by atoms with Crippen molar-refractivity contribution < 1.29 is 9.50 Å². The number of nitrogens with one attached hydrogen (secondary N) is 1. The maximum atomic E-state index is 14.1. The maximum absolute atomic E-state index is 14.1. The van der Waals surface area contributed by atoms with Crippen LogP contribution in [-0.4, -0.2) is 29.4 Å². The van der Waals surface area contributed by atoms with Crippen LogP contribution in [0.1, 0.15) is 17.2 Å². The molecule has 4 N–H and O–H groups in total. The smallest absolute Gasteiger partial charge is 0.123 e. The van der Waals surface area contributed by atoms with E-state index in [2.05, 4.69) is 22.0 Å². The summed E-state index contributed by atoms with van der Waals surface area (Å²) in [7, 11) is 1.79. The lowest BCUT2D eigenvalue weighted by Gasteiger charge is -2.26. The molecule has 0 saturated carbocycles. The zero-order valence-electron chi connectivity index (χ0n) is 16.9. The number of nitrogens with two attached hydrogens (primary N) is 1. The fourth-order valence-corrected chi connectivity index (χ4v) is 4.19. The van der Waals surface area contributed by atoms with Crippen LogP contribution in [0.4, 0.5) is 4.39 Å². The molecule has 0 aliphatic carbocycles. The number of benzene rings is 3. The molecule has 4 nitrogen and oxygen atoms in total. The minimum absolute atomic E-state index is 0.320. The zero-order chi connectivity index (χ0) is 21.1. The molecule has 0 bridgehead atoms. The molecule has 5 heteroatoms. The summed E-state index contributed by atoms with van der Waals surface area (Å²) >= 11 is 0. The normalized spacial score (nSPS) is 13.5. The number of rotatable bonds is 7. The number of aromatic nitrogens is 1. The third-order valence-electron chi connectivity index (χ3n) is 5.54. The van der Waals surface area contributed by atoms with E-state index < -0.39 is 12.1 Å². The van der Waals surface area contributed by atoms with Crippen LogP contribution in [0.2, 0.25) is 0 Å². The molecule has 0 amide bonds. The van der Waals surface area contributed by atoms with Crippen LogP contribution >= 0.6 is 0 Å². The van der Waals surface area contributed by atoms with Crippen molar-refractivity contribution in [3.63, 3.8) is 0 Å². The second kappa shape index (κ2) is 8.79. The van der Waals surface area contributed by atoms with E-state index in [0.717, 1.165) is 33.2 Å². The Morgan fingerprint density at radius 3 is 2.53 bits per heavy atom. The van der Waals surface area contributed by atoms with Gasteiger partial charge < -0.3 is 20.7 Å². The number of halogens is 1. The Bertz CT molecular complexity index is 1150. The molecule has 2 atom stereocenters. The van der Waals surface area contributed by atoms with Gasteiger partial charge in [-0.15, -0.1) is 0 Å². The van der Waals surface area contributed by atoms with Gasteiger partial charge in [-0.05, 0) is 41.9 Å². The highest BCUT2D eigenvalue weighted by atomic mass is 19.1. The second-order valence-electron chi connectivity index (χ2n) is 7.45. The van der Waals surface area contributed by atoms with E-state index in [1.54, 1.807) is 13.1 Å². The average molecular weight is 404 g/mol. The molecule has 3 aromatic carbocycles. The quantitative estimate of drug-likeness (QED) is 0.436. The molecule has 0 saturated heterocycles. The fourth-order valence-electron chi connectivity index (χ4n) is 4.19. The first kappa shape index (κ1) is 20.3. The van der Waals surface area contributed by atoms with Gasteiger partial charge in [0, 0.05) is 35.8 Å². The van der Waals surface area contributed by atoms with Crippen LogP contribution in [0.3, 0.4) is 0 Å². The zero-order valence-corrected chi connectivity index (χ0v) is 16.9. The van der Waals surface area contributed by atoms with E-state index >= 15 is 0 Å². The van der Waals surface area contributed by atoms with Gasteiger partial charge in [0.15, 0.2) is 0 Å². The first-order chi connectivity index (χ1) is 14.6. The molecular weight excluding hydrogens is 377 g/mol. The Kier molecular flexibility index (Phi) is 5.95. The molecule has 4 rings (SSSR count). The number of hydrogen-bond acceptors (Lipinski definition) is 3. The van der Waals surface area contributed by atoms with Crippen molar-refractivity contribution in [1.29, 1.82) is 0 Å². The van der Waals surface area contributed by atoms with Gasteiger partial charge in [0.05, 0.1) is 12.1 Å². The fraction of sp³-hybridized carbons (Fsp3) is 0.200. The number of aliphatic hydroxyl groups is 1. The van der Waals surface area contributed by atoms with Gasteiger partial charge in [-0.1, -0.05) is 54.6 Å². The van der Waals surface area contributed by atoms with E-state index in [0.29, 0.717) is 13.1 Å². The average Bonchev–Trinajstić information content (AvgIpc) is 3.13. The van der Waals surface area contributed by atoms with Gasteiger partial charge in [0.1, 0.15) is 5.82 Å². The van der Waals surface area contributed by atoms with Crippen LogP contribution in [-0.2, 0) is 6.54 Å². The van der Waals surface area contributed by atoms with Crippen LogP contribution in [0.15, 0.2) is 79.0 Å². The topological polar surface area (TPSA) is 63.2 Å². The third-order valence-corrected chi connectivity index (χ3v) is 5.54. The van der Waals surface area contributed by atoms with Crippen molar-refractivity contribution in [2.24, 2.45) is 5.73 Å². The number of fused-ring (bicyclic) bond motifs is 1. The van der Waals surface area contributed by atoms with Gasteiger partial charge >= 0.3 is 0 Å². The standard InChI is InChI=1S/C25H26FN3O/c1-28-15-24(30)25(17-8-6-9-19(26)13-17)29-16-22(21-11-4-5-12-23(21)29)20-10-3-2-7-18(20)14-27/h2-13,16,24-25,28,30H,14-15,27H2,1H3. The van der Waals surface area contributed by atoms with Gasteiger partial charge in [0.2, 0.25) is 0 Å². The van der Waals surface area contributed by atoms with Gasteiger partial charge in [-0.2, -0.15) is 0 Å². The summed E-state index contributed by atoms with van der Waals surface area (Å²) in [6.07, 6.45) is 1.30. The third kappa shape index (κ3) is 3.75. The first-order valence-corrected chi connectivity index (χ1v) is 10.1. The van der Waals surface area contributed by atoms with Crippen molar-refractivity contribution in [1.82, 2.24) is 9.88 Å². The highest BCUT2D eigenvalue weighted by Crippen LogP contribution is 2.36. The number of nitrogens with zero attached hydrogens (tertiary/aromatic N) is 1. The Morgan fingerprint density at radius 1 is 1.00 bits per heavy atom. The molecule has 1 heterocycles. The van der Waals surface area contributed by atoms with Crippen LogP contribution < -0.4 is 11.1 Å². The highest BCUT2D eigenvalue weighted by Gasteiger charge is 2.26. The molecule has 1 aromatic heterocycles.